The maximum Gasteiger partial charge on any atom is 0.328 e. The Labute approximate surface area is 251 Å². The molecule has 11 nitrogen and oxygen atoms in total. The topological polar surface area (TPSA) is 159 Å². The number of piperazine rings is 1. The molecule has 5 unspecified atom stereocenters. The second kappa shape index (κ2) is 18.4. The Balaban J connectivity index is 0.000000304. The lowest BCUT2D eigenvalue weighted by molar-refractivity contribution is -0.134. The van der Waals surface area contributed by atoms with Gasteiger partial charge in [0.05, 0.1) is 0 Å². The van der Waals surface area contributed by atoms with E-state index in [0.717, 1.165) is 22.6 Å². The summed E-state index contributed by atoms with van der Waals surface area (Å²) in [6, 6.07) is 1.60. The van der Waals surface area contributed by atoms with Crippen LogP contribution in [0.25, 0.3) is 0 Å². The zero-order valence-corrected chi connectivity index (χ0v) is 25.2. The number of nitrogens with zero attached hydrogens (tertiary/aromatic N) is 3. The molecule has 2 aliphatic heterocycles. The second-order valence-corrected chi connectivity index (χ2v) is 12.9. The van der Waals surface area contributed by atoms with Crippen LogP contribution in [-0.2, 0) is 19.2 Å². The van der Waals surface area contributed by atoms with Crippen molar-refractivity contribution in [1.29, 1.82) is 0 Å². The number of carbonyl (C=O) groups is 4. The molecule has 0 aromatic heterocycles. The predicted octanol–water partition coefficient (Wildman–Crippen LogP) is 2.94. The molecule has 41 heavy (non-hydrogen) atoms. The number of likely N-dealkylation sites (N-methyl/N-ethyl adjacent to an activating group) is 1. The molecular formula is C28H44ClN3O8S. The average Bonchev–Trinajstić information content (AvgIpc) is 2.92. The zero-order valence-electron chi connectivity index (χ0n) is 23.6. The summed E-state index contributed by atoms with van der Waals surface area (Å²) in [6.07, 6.45) is 13.2. The molecule has 5 atom stereocenters. The van der Waals surface area contributed by atoms with Crippen molar-refractivity contribution < 1.29 is 39.6 Å². The fraction of sp³-hybridized carbons (Fsp3) is 0.714. The van der Waals surface area contributed by atoms with E-state index in [1.165, 1.54) is 90.6 Å². The Kier molecular flexibility index (Phi) is 15.8. The summed E-state index contributed by atoms with van der Waals surface area (Å²) in [7, 11) is 2.25. The Hall–Kier alpha value is -2.12. The summed E-state index contributed by atoms with van der Waals surface area (Å²) >= 11 is 8.95. The van der Waals surface area contributed by atoms with E-state index in [2.05, 4.69) is 33.5 Å². The smallest absolute Gasteiger partial charge is 0.328 e. The van der Waals surface area contributed by atoms with Crippen LogP contribution in [0.5, 0.6) is 0 Å². The Morgan fingerprint density at radius 2 is 1.24 bits per heavy atom. The molecule has 2 saturated heterocycles. The van der Waals surface area contributed by atoms with Gasteiger partial charge in [-0.3, -0.25) is 4.90 Å². The molecular weight excluding hydrogens is 574 g/mol. The number of fused-ring (bicyclic) bond motifs is 2. The predicted molar refractivity (Wildman–Crippen MR) is 159 cm³/mol. The van der Waals surface area contributed by atoms with Gasteiger partial charge in [-0.15, -0.1) is 11.6 Å². The number of hydrogen-bond donors (Lipinski definition) is 4. The lowest BCUT2D eigenvalue weighted by Crippen LogP contribution is -2.60. The van der Waals surface area contributed by atoms with Gasteiger partial charge in [-0.05, 0) is 52.1 Å². The van der Waals surface area contributed by atoms with Crippen LogP contribution in [0, 0.1) is 0 Å². The van der Waals surface area contributed by atoms with E-state index in [-0.39, 0.29) is 0 Å². The number of hydrogen-bond acceptors (Lipinski definition) is 8. The number of thioether (sulfide) groups is 1. The van der Waals surface area contributed by atoms with E-state index < -0.39 is 23.9 Å². The van der Waals surface area contributed by atoms with Crippen LogP contribution >= 0.6 is 23.4 Å². The molecule has 0 spiro atoms. The van der Waals surface area contributed by atoms with Crippen molar-refractivity contribution in [2.45, 2.75) is 79.3 Å². The number of carboxylic acid groups (broad SMARTS) is 4. The molecule has 2 heterocycles. The van der Waals surface area contributed by atoms with Crippen molar-refractivity contribution in [3.05, 3.63) is 24.3 Å². The van der Waals surface area contributed by atoms with Crippen LogP contribution in [0.15, 0.2) is 24.3 Å². The third-order valence-corrected chi connectivity index (χ3v) is 9.98. The molecule has 0 bridgehead atoms. The molecule has 2 saturated carbocycles. The molecule has 0 aromatic rings. The van der Waals surface area contributed by atoms with E-state index in [9.17, 15) is 19.2 Å². The first-order valence-corrected chi connectivity index (χ1v) is 15.6. The maximum atomic E-state index is 9.55. The number of alkyl halides is 1. The van der Waals surface area contributed by atoms with E-state index in [1.54, 1.807) is 0 Å². The van der Waals surface area contributed by atoms with Crippen LogP contribution in [0.2, 0.25) is 0 Å². The summed E-state index contributed by atoms with van der Waals surface area (Å²) in [4.78, 5) is 46.3. The first kappa shape index (κ1) is 35.1. The Morgan fingerprint density at radius 3 is 1.78 bits per heavy atom. The summed E-state index contributed by atoms with van der Waals surface area (Å²) in [5, 5.41) is 33.4. The molecule has 0 radical (unpaired) electrons. The third-order valence-electron chi connectivity index (χ3n) is 7.78. The average molecular weight is 618 g/mol. The summed E-state index contributed by atoms with van der Waals surface area (Å²) in [5.41, 5.74) is 0. The van der Waals surface area contributed by atoms with Crippen LogP contribution < -0.4 is 0 Å². The maximum absolute atomic E-state index is 9.55. The highest BCUT2D eigenvalue weighted by atomic mass is 35.5. The molecule has 4 N–H and O–H groups in total. The van der Waals surface area contributed by atoms with Gasteiger partial charge in [0.25, 0.3) is 0 Å². The van der Waals surface area contributed by atoms with Gasteiger partial charge in [-0.25, -0.2) is 19.2 Å². The first-order valence-electron chi connectivity index (χ1n) is 14.2. The van der Waals surface area contributed by atoms with Crippen LogP contribution in [0.4, 0.5) is 0 Å². The highest BCUT2D eigenvalue weighted by Gasteiger charge is 2.45. The molecule has 2 aliphatic carbocycles. The molecule has 0 aromatic carbocycles. The summed E-state index contributed by atoms with van der Waals surface area (Å²) in [5.74, 6) is -5.03. The van der Waals surface area contributed by atoms with Gasteiger partial charge in [0, 0.05) is 85.0 Å². The minimum atomic E-state index is -1.26. The third kappa shape index (κ3) is 13.6. The highest BCUT2D eigenvalue weighted by molar-refractivity contribution is 8.00. The fourth-order valence-corrected chi connectivity index (χ4v) is 8.08. The summed E-state index contributed by atoms with van der Waals surface area (Å²) < 4.78 is 0. The van der Waals surface area contributed by atoms with Crippen molar-refractivity contribution in [3.63, 3.8) is 0 Å². The fourth-order valence-electron chi connectivity index (χ4n) is 5.83. The number of halogens is 1. The molecule has 4 rings (SSSR count). The van der Waals surface area contributed by atoms with Gasteiger partial charge in [0.2, 0.25) is 0 Å². The number of rotatable bonds is 8. The normalized spacial score (nSPS) is 28.9. The van der Waals surface area contributed by atoms with Gasteiger partial charge < -0.3 is 30.2 Å². The van der Waals surface area contributed by atoms with Crippen molar-refractivity contribution >= 4 is 47.2 Å². The van der Waals surface area contributed by atoms with Crippen LogP contribution in [0.1, 0.15) is 51.4 Å². The monoisotopic (exact) mass is 617 g/mol. The SMILES string of the molecule is CN1CCN(CCCN2C3CCCCC3SC3CCC(Cl)CC32)CC1.O=C(O)C=CC(=O)O.O=C(O)C=CC(=O)O. The lowest BCUT2D eigenvalue weighted by Gasteiger charge is -2.54. The molecule has 4 aliphatic rings. The van der Waals surface area contributed by atoms with Gasteiger partial charge in [-0.1, -0.05) is 12.8 Å². The quantitative estimate of drug-likeness (QED) is 0.233. The van der Waals surface area contributed by atoms with E-state index >= 15 is 0 Å². The van der Waals surface area contributed by atoms with Crippen molar-refractivity contribution in [1.82, 2.24) is 14.7 Å². The van der Waals surface area contributed by atoms with E-state index in [1.807, 2.05) is 0 Å². The van der Waals surface area contributed by atoms with Crippen molar-refractivity contribution in [3.8, 4) is 0 Å². The Bertz CT molecular complexity index is 862. The Morgan fingerprint density at radius 1 is 0.732 bits per heavy atom. The van der Waals surface area contributed by atoms with Crippen LogP contribution in [-0.4, -0.2) is 133 Å². The standard InChI is InChI=1S/C20H36ClN3S.2C4H4O4/c1-22-11-13-23(14-12-22)9-4-10-24-17-5-2-3-6-19(17)25-20-8-7-16(21)15-18(20)24;2*5-3(6)1-2-4(7)8/h16-20H,2-15H2,1H3;2*1-2H,(H,5,6)(H,7,8). The van der Waals surface area contributed by atoms with Gasteiger partial charge in [0.1, 0.15) is 0 Å². The van der Waals surface area contributed by atoms with Crippen molar-refractivity contribution in [2.75, 3.05) is 46.3 Å². The highest BCUT2D eigenvalue weighted by Crippen LogP contribution is 2.47. The molecule has 0 amide bonds. The molecule has 13 heteroatoms. The minimum Gasteiger partial charge on any atom is -0.478 e. The van der Waals surface area contributed by atoms with E-state index in [4.69, 9.17) is 32.0 Å². The largest absolute Gasteiger partial charge is 0.478 e. The van der Waals surface area contributed by atoms with Crippen molar-refractivity contribution in [2.24, 2.45) is 0 Å². The first-order chi connectivity index (χ1) is 19.5. The second-order valence-electron chi connectivity index (χ2n) is 10.8. The molecule has 232 valence electrons. The lowest BCUT2D eigenvalue weighted by atomic mass is 9.87. The van der Waals surface area contributed by atoms with Crippen LogP contribution in [0.3, 0.4) is 0 Å². The number of carboxylic acids is 4. The van der Waals surface area contributed by atoms with Gasteiger partial charge >= 0.3 is 23.9 Å². The van der Waals surface area contributed by atoms with Gasteiger partial charge in [0.15, 0.2) is 0 Å². The van der Waals surface area contributed by atoms with Gasteiger partial charge in [-0.2, -0.15) is 11.8 Å². The minimum absolute atomic E-state index is 0.419. The molecule has 4 fully saturated rings. The zero-order chi connectivity index (χ0) is 30.4. The number of aliphatic carboxylic acids is 4. The summed E-state index contributed by atoms with van der Waals surface area (Å²) in [6.45, 7) is 7.59. The van der Waals surface area contributed by atoms with E-state index in [0.29, 0.717) is 29.7 Å².